The van der Waals surface area contributed by atoms with Crippen molar-refractivity contribution in [2.24, 2.45) is 0 Å². The molecule has 30 heavy (non-hydrogen) atoms. The number of carbonyl (C=O) groups excluding carboxylic acids is 1. The van der Waals surface area contributed by atoms with Crippen LogP contribution in [0.2, 0.25) is 0 Å². The van der Waals surface area contributed by atoms with E-state index in [2.05, 4.69) is 12.6 Å². The predicted octanol–water partition coefficient (Wildman–Crippen LogP) is 5.99. The molecule has 4 nitrogen and oxygen atoms in total. The number of aromatic hydroxyl groups is 2. The molecule has 0 atom stereocenters. The van der Waals surface area contributed by atoms with Crippen LogP contribution in [0.5, 0.6) is 17.2 Å². The van der Waals surface area contributed by atoms with Gasteiger partial charge in [-0.15, -0.1) is 12.6 Å². The van der Waals surface area contributed by atoms with E-state index >= 15 is 0 Å². The summed E-state index contributed by atoms with van der Waals surface area (Å²) in [6, 6.07) is 18.5. The highest BCUT2D eigenvalue weighted by Gasteiger charge is 2.20. The molecule has 2 N–H and O–H groups in total. The molecule has 0 saturated carbocycles. The lowest BCUT2D eigenvalue weighted by atomic mass is 9.89. The first-order valence-corrected chi connectivity index (χ1v) is 10.2. The molecule has 154 valence electrons. The fourth-order valence-corrected chi connectivity index (χ4v) is 3.47. The fraction of sp³-hybridized carbons (Fsp3) is 0.160. The summed E-state index contributed by atoms with van der Waals surface area (Å²) in [5.41, 5.74) is 3.17. The normalized spacial score (nSPS) is 11.7. The van der Waals surface area contributed by atoms with Crippen LogP contribution in [-0.2, 0) is 0 Å². The zero-order chi connectivity index (χ0) is 21.7. The number of ether oxygens (including phenoxy) is 1. The summed E-state index contributed by atoms with van der Waals surface area (Å²) >= 11 is 4.49. The minimum Gasteiger partial charge on any atom is -0.508 e. The molecule has 0 aliphatic carbocycles. The second-order valence-corrected chi connectivity index (χ2v) is 7.43. The number of hydrogen-bond donors (Lipinski definition) is 3. The van der Waals surface area contributed by atoms with Crippen LogP contribution in [-0.4, -0.2) is 22.6 Å². The van der Waals surface area contributed by atoms with Gasteiger partial charge in [-0.1, -0.05) is 19.1 Å². The van der Waals surface area contributed by atoms with Crippen LogP contribution >= 0.6 is 12.6 Å². The lowest BCUT2D eigenvalue weighted by Gasteiger charge is -2.15. The highest BCUT2D eigenvalue weighted by atomic mass is 32.1. The quantitative estimate of drug-likeness (QED) is 0.190. The van der Waals surface area contributed by atoms with Gasteiger partial charge in [0.1, 0.15) is 17.2 Å². The number of Topliss-reactive ketones (excluding diaryl/α,β-unsaturated/α-hetero) is 1. The maximum atomic E-state index is 13.5. The summed E-state index contributed by atoms with van der Waals surface area (Å²) in [6.07, 6.45) is 0.908. The molecule has 0 aromatic heterocycles. The SMILES string of the molecule is CCCOc1ccc(C(=O)/C(=C(/C)c2ccc(O)cc2)c2ccc(O)cc2S)cc1. The van der Waals surface area contributed by atoms with Gasteiger partial charge in [-0.3, -0.25) is 4.79 Å². The lowest BCUT2D eigenvalue weighted by Crippen LogP contribution is -2.06. The molecule has 0 unspecified atom stereocenters. The second kappa shape index (κ2) is 9.55. The number of phenolic OH excluding ortho intramolecular Hbond substituents is 2. The highest BCUT2D eigenvalue weighted by molar-refractivity contribution is 7.80. The number of carbonyl (C=O) groups is 1. The number of rotatable bonds is 7. The van der Waals surface area contributed by atoms with Gasteiger partial charge in [0.25, 0.3) is 0 Å². The van der Waals surface area contributed by atoms with Crippen LogP contribution in [0.3, 0.4) is 0 Å². The van der Waals surface area contributed by atoms with Crippen molar-refractivity contribution >= 4 is 29.6 Å². The van der Waals surface area contributed by atoms with E-state index in [0.717, 1.165) is 17.6 Å². The van der Waals surface area contributed by atoms with E-state index < -0.39 is 0 Å². The molecule has 0 radical (unpaired) electrons. The number of ketones is 1. The Bertz CT molecular complexity index is 1070. The molecule has 3 aromatic carbocycles. The van der Waals surface area contributed by atoms with Gasteiger partial charge >= 0.3 is 0 Å². The molecule has 0 bridgehead atoms. The van der Waals surface area contributed by atoms with Gasteiger partial charge in [0.05, 0.1) is 6.61 Å². The van der Waals surface area contributed by atoms with Gasteiger partial charge in [-0.25, -0.2) is 0 Å². The smallest absolute Gasteiger partial charge is 0.193 e. The van der Waals surface area contributed by atoms with Crippen molar-refractivity contribution in [2.45, 2.75) is 25.2 Å². The third-order valence-electron chi connectivity index (χ3n) is 4.74. The Morgan fingerprint density at radius 1 is 0.900 bits per heavy atom. The van der Waals surface area contributed by atoms with Crippen LogP contribution < -0.4 is 4.74 Å². The standard InChI is InChI=1S/C25H24O4S/c1-3-14-29-21-11-6-18(7-12-21)25(28)24(22-13-10-20(27)15-23(22)30)16(2)17-4-8-19(26)9-5-17/h4-13,15,26-27,30H,3,14H2,1-2H3/b24-16-. The Morgan fingerprint density at radius 3 is 2.10 bits per heavy atom. The molecule has 3 rings (SSSR count). The number of phenols is 2. The fourth-order valence-electron chi connectivity index (χ4n) is 3.15. The third kappa shape index (κ3) is 4.86. The van der Waals surface area contributed by atoms with Crippen molar-refractivity contribution < 1.29 is 19.7 Å². The monoisotopic (exact) mass is 420 g/mol. The molecule has 3 aromatic rings. The summed E-state index contributed by atoms with van der Waals surface area (Å²) in [4.78, 5) is 14.0. The van der Waals surface area contributed by atoms with Crippen LogP contribution in [0.4, 0.5) is 0 Å². The zero-order valence-corrected chi connectivity index (χ0v) is 17.8. The Morgan fingerprint density at radius 2 is 1.50 bits per heavy atom. The predicted molar refractivity (Wildman–Crippen MR) is 123 cm³/mol. The number of allylic oxidation sites excluding steroid dienone is 2. The average Bonchev–Trinajstić information content (AvgIpc) is 2.74. The van der Waals surface area contributed by atoms with Crippen molar-refractivity contribution in [3.63, 3.8) is 0 Å². The van der Waals surface area contributed by atoms with Gasteiger partial charge < -0.3 is 14.9 Å². The second-order valence-electron chi connectivity index (χ2n) is 6.95. The first kappa shape index (κ1) is 21.5. The van der Waals surface area contributed by atoms with E-state index in [4.69, 9.17) is 4.74 Å². The van der Waals surface area contributed by atoms with Gasteiger partial charge in [-0.05, 0) is 84.6 Å². The Labute approximate surface area is 181 Å². The van der Waals surface area contributed by atoms with Crippen LogP contribution in [0.15, 0.2) is 71.6 Å². The van der Waals surface area contributed by atoms with Crippen molar-refractivity contribution in [1.29, 1.82) is 0 Å². The third-order valence-corrected chi connectivity index (χ3v) is 5.11. The summed E-state index contributed by atoms with van der Waals surface area (Å²) in [6.45, 7) is 4.51. The molecule has 0 heterocycles. The first-order valence-electron chi connectivity index (χ1n) is 9.71. The van der Waals surface area contributed by atoms with E-state index in [1.54, 1.807) is 54.6 Å². The topological polar surface area (TPSA) is 66.8 Å². The Kier molecular flexibility index (Phi) is 6.85. The lowest BCUT2D eigenvalue weighted by molar-refractivity contribution is 0.105. The maximum absolute atomic E-state index is 13.5. The number of thiol groups is 1. The summed E-state index contributed by atoms with van der Waals surface area (Å²) in [5, 5.41) is 19.4. The largest absolute Gasteiger partial charge is 0.508 e. The minimum absolute atomic E-state index is 0.0789. The summed E-state index contributed by atoms with van der Waals surface area (Å²) < 4.78 is 5.61. The molecule has 0 saturated heterocycles. The molecule has 0 aliphatic rings. The van der Waals surface area contributed by atoms with Crippen molar-refractivity contribution in [2.75, 3.05) is 6.61 Å². The summed E-state index contributed by atoms with van der Waals surface area (Å²) in [5.74, 6) is 0.786. The molecule has 0 spiro atoms. The Hall–Kier alpha value is -3.18. The Balaban J connectivity index is 2.10. The van der Waals surface area contributed by atoms with E-state index in [1.807, 2.05) is 13.8 Å². The van der Waals surface area contributed by atoms with Crippen molar-refractivity contribution in [1.82, 2.24) is 0 Å². The van der Waals surface area contributed by atoms with Crippen LogP contribution in [0, 0.1) is 0 Å². The molecule has 0 amide bonds. The maximum Gasteiger partial charge on any atom is 0.193 e. The summed E-state index contributed by atoms with van der Waals surface area (Å²) in [7, 11) is 0. The molecule has 0 aliphatic heterocycles. The molecule has 0 fully saturated rings. The highest BCUT2D eigenvalue weighted by Crippen LogP contribution is 2.35. The van der Waals surface area contributed by atoms with Crippen LogP contribution in [0.25, 0.3) is 11.1 Å². The number of benzene rings is 3. The van der Waals surface area contributed by atoms with E-state index in [9.17, 15) is 15.0 Å². The minimum atomic E-state index is -0.163. The van der Waals surface area contributed by atoms with E-state index in [-0.39, 0.29) is 17.3 Å². The average molecular weight is 421 g/mol. The van der Waals surface area contributed by atoms with Gasteiger partial charge in [-0.2, -0.15) is 0 Å². The molecular formula is C25H24O4S. The van der Waals surface area contributed by atoms with Gasteiger partial charge in [0.2, 0.25) is 0 Å². The van der Waals surface area contributed by atoms with E-state index in [0.29, 0.717) is 34.0 Å². The van der Waals surface area contributed by atoms with Gasteiger partial charge in [0, 0.05) is 16.0 Å². The van der Waals surface area contributed by atoms with Crippen molar-refractivity contribution in [3.8, 4) is 17.2 Å². The molecule has 5 heteroatoms. The van der Waals surface area contributed by atoms with Crippen molar-refractivity contribution in [3.05, 3.63) is 83.4 Å². The molecular weight excluding hydrogens is 396 g/mol. The number of hydrogen-bond acceptors (Lipinski definition) is 5. The first-order chi connectivity index (χ1) is 14.4. The van der Waals surface area contributed by atoms with Gasteiger partial charge in [0.15, 0.2) is 5.78 Å². The zero-order valence-electron chi connectivity index (χ0n) is 16.9. The van der Waals surface area contributed by atoms with E-state index in [1.165, 1.54) is 12.1 Å². The van der Waals surface area contributed by atoms with Crippen LogP contribution in [0.1, 0.15) is 41.8 Å².